The molecule has 0 aromatic heterocycles. The molecule has 1 saturated heterocycles. The first-order chi connectivity index (χ1) is 10.7. The van der Waals surface area contributed by atoms with E-state index in [0.717, 1.165) is 31.6 Å². The molecule has 0 aliphatic carbocycles. The van der Waals surface area contributed by atoms with E-state index >= 15 is 0 Å². The highest BCUT2D eigenvalue weighted by Crippen LogP contribution is 2.16. The molecule has 1 amide bonds. The molecule has 0 atom stereocenters. The molecule has 1 aliphatic heterocycles. The highest BCUT2D eigenvalue weighted by atomic mass is 16.5. The van der Waals surface area contributed by atoms with E-state index < -0.39 is 0 Å². The van der Waals surface area contributed by atoms with Crippen LogP contribution in [0, 0.1) is 22.7 Å². The smallest absolute Gasteiger partial charge is 0.260 e. The third kappa shape index (κ3) is 4.26. The molecule has 112 valence electrons. The molecule has 1 aromatic rings. The van der Waals surface area contributed by atoms with Gasteiger partial charge in [-0.2, -0.15) is 10.5 Å². The number of nitrogens with zero attached hydrogens (tertiary/aromatic N) is 3. The molecule has 22 heavy (non-hydrogen) atoms. The van der Waals surface area contributed by atoms with Gasteiger partial charge in [0.2, 0.25) is 0 Å². The van der Waals surface area contributed by atoms with E-state index in [0.29, 0.717) is 5.75 Å². The molecule has 0 radical (unpaired) electrons. The maximum Gasteiger partial charge on any atom is 0.260 e. The van der Waals surface area contributed by atoms with Crippen LogP contribution in [0.5, 0.6) is 5.75 Å². The topological polar surface area (TPSA) is 89.1 Å². The zero-order valence-electron chi connectivity index (χ0n) is 12.1. The Hall–Kier alpha value is -2.99. The van der Waals surface area contributed by atoms with Crippen LogP contribution in [0.15, 0.2) is 36.0 Å². The molecule has 1 fully saturated rings. The maximum atomic E-state index is 11.8. The van der Waals surface area contributed by atoms with Crippen LogP contribution < -0.4 is 10.1 Å². The van der Waals surface area contributed by atoms with Gasteiger partial charge in [-0.25, -0.2) is 0 Å². The Kier molecular flexibility index (Phi) is 5.39. The van der Waals surface area contributed by atoms with Crippen LogP contribution in [0.2, 0.25) is 0 Å². The molecule has 0 spiro atoms. The molecule has 1 N–H and O–H groups in total. The average Bonchev–Trinajstić information content (AvgIpc) is 3.09. The number of carbonyl (C=O) groups excluding carboxylic acids is 1. The summed E-state index contributed by atoms with van der Waals surface area (Å²) in [5, 5.41) is 20.1. The van der Waals surface area contributed by atoms with E-state index in [-0.39, 0.29) is 18.1 Å². The van der Waals surface area contributed by atoms with E-state index in [9.17, 15) is 4.79 Å². The van der Waals surface area contributed by atoms with Crippen molar-refractivity contribution in [2.45, 2.75) is 12.8 Å². The fraction of sp³-hybridized carbons (Fsp3) is 0.312. The molecule has 0 bridgehead atoms. The van der Waals surface area contributed by atoms with Crippen molar-refractivity contribution in [2.24, 2.45) is 0 Å². The minimum absolute atomic E-state index is 0.00321. The van der Waals surface area contributed by atoms with E-state index in [4.69, 9.17) is 15.3 Å². The number of rotatable bonds is 5. The summed E-state index contributed by atoms with van der Waals surface area (Å²) in [6.07, 6.45) is 3.47. The number of amides is 1. The van der Waals surface area contributed by atoms with E-state index in [1.54, 1.807) is 36.4 Å². The monoisotopic (exact) mass is 296 g/mol. The summed E-state index contributed by atoms with van der Waals surface area (Å²) in [5.41, 5.74) is 0.720. The van der Waals surface area contributed by atoms with Crippen molar-refractivity contribution < 1.29 is 9.53 Å². The number of benzene rings is 1. The Bertz CT molecular complexity index is 616. The van der Waals surface area contributed by atoms with Crippen molar-refractivity contribution in [3.8, 4) is 17.9 Å². The summed E-state index contributed by atoms with van der Waals surface area (Å²) < 4.78 is 5.46. The van der Waals surface area contributed by atoms with Gasteiger partial charge in [0, 0.05) is 25.0 Å². The number of nitrogens with one attached hydrogen (secondary N) is 1. The van der Waals surface area contributed by atoms with Gasteiger partial charge in [0.05, 0.1) is 0 Å². The van der Waals surface area contributed by atoms with E-state index in [1.807, 2.05) is 4.90 Å². The number of nitriles is 2. The summed E-state index contributed by atoms with van der Waals surface area (Å²) in [4.78, 5) is 13.7. The van der Waals surface area contributed by atoms with Crippen molar-refractivity contribution >= 4 is 11.6 Å². The Morgan fingerprint density at radius 3 is 2.45 bits per heavy atom. The standard InChI is InChI=1S/C16H16N4O2/c17-9-13(10-18)11-19-14-3-5-15(6-4-14)22-12-16(21)20-7-1-2-8-20/h3-6,11,19H,1-2,7-8,12H2. The summed E-state index contributed by atoms with van der Waals surface area (Å²) >= 11 is 0. The predicted octanol–water partition coefficient (Wildman–Crippen LogP) is 2.03. The first-order valence-corrected chi connectivity index (χ1v) is 7.00. The van der Waals surface area contributed by atoms with Crippen molar-refractivity contribution in [1.29, 1.82) is 10.5 Å². The van der Waals surface area contributed by atoms with Crippen molar-refractivity contribution in [3.63, 3.8) is 0 Å². The Morgan fingerprint density at radius 2 is 1.86 bits per heavy atom. The van der Waals surface area contributed by atoms with Gasteiger partial charge in [-0.05, 0) is 37.1 Å². The third-order valence-corrected chi connectivity index (χ3v) is 3.30. The molecule has 2 rings (SSSR count). The molecule has 6 nitrogen and oxygen atoms in total. The minimum Gasteiger partial charge on any atom is -0.484 e. The number of allylic oxidation sites excluding steroid dienone is 1. The summed E-state index contributed by atoms with van der Waals surface area (Å²) in [6.45, 7) is 1.68. The Labute approximate surface area is 129 Å². The normalized spacial score (nSPS) is 12.9. The van der Waals surface area contributed by atoms with Crippen LogP contribution in [-0.2, 0) is 4.79 Å². The Morgan fingerprint density at radius 1 is 1.23 bits per heavy atom. The summed E-state index contributed by atoms with van der Waals surface area (Å²) in [7, 11) is 0. The second kappa shape index (κ2) is 7.70. The predicted molar refractivity (Wildman–Crippen MR) is 80.7 cm³/mol. The summed E-state index contributed by atoms with van der Waals surface area (Å²) in [5.74, 6) is 0.609. The highest BCUT2D eigenvalue weighted by molar-refractivity contribution is 5.78. The van der Waals surface area contributed by atoms with Gasteiger partial charge in [-0.15, -0.1) is 0 Å². The largest absolute Gasteiger partial charge is 0.484 e. The van der Waals surface area contributed by atoms with Gasteiger partial charge < -0.3 is 15.0 Å². The number of carbonyl (C=O) groups is 1. The van der Waals surface area contributed by atoms with Crippen LogP contribution in [0.25, 0.3) is 0 Å². The minimum atomic E-state index is -0.00321. The highest BCUT2D eigenvalue weighted by Gasteiger charge is 2.17. The lowest BCUT2D eigenvalue weighted by atomic mass is 10.3. The molecule has 1 aliphatic rings. The van der Waals surface area contributed by atoms with Gasteiger partial charge >= 0.3 is 0 Å². The third-order valence-electron chi connectivity index (χ3n) is 3.30. The van der Waals surface area contributed by atoms with Gasteiger partial charge in [0.15, 0.2) is 6.61 Å². The number of anilines is 1. The van der Waals surface area contributed by atoms with Crippen LogP contribution in [0.1, 0.15) is 12.8 Å². The van der Waals surface area contributed by atoms with E-state index in [2.05, 4.69) is 5.32 Å². The Balaban J connectivity index is 1.84. The molecule has 0 saturated carbocycles. The first kappa shape index (κ1) is 15.4. The van der Waals surface area contributed by atoms with Gasteiger partial charge in [0.1, 0.15) is 23.5 Å². The number of likely N-dealkylation sites (tertiary alicyclic amines) is 1. The molecular formula is C16H16N4O2. The van der Waals surface area contributed by atoms with Crippen LogP contribution >= 0.6 is 0 Å². The van der Waals surface area contributed by atoms with Crippen molar-refractivity contribution in [1.82, 2.24) is 4.90 Å². The fourth-order valence-electron chi connectivity index (χ4n) is 2.10. The number of ether oxygens (including phenoxy) is 1. The van der Waals surface area contributed by atoms with Crippen molar-refractivity contribution in [3.05, 3.63) is 36.0 Å². The molecule has 1 aromatic carbocycles. The number of hydrogen-bond acceptors (Lipinski definition) is 5. The zero-order valence-corrected chi connectivity index (χ0v) is 12.1. The maximum absolute atomic E-state index is 11.8. The second-order valence-corrected chi connectivity index (χ2v) is 4.83. The van der Waals surface area contributed by atoms with Crippen LogP contribution in [0.4, 0.5) is 5.69 Å². The van der Waals surface area contributed by atoms with Gasteiger partial charge in [-0.3, -0.25) is 4.79 Å². The lowest BCUT2D eigenvalue weighted by Crippen LogP contribution is -2.32. The van der Waals surface area contributed by atoms with Gasteiger partial charge in [-0.1, -0.05) is 0 Å². The molecule has 1 heterocycles. The van der Waals surface area contributed by atoms with Crippen LogP contribution in [0.3, 0.4) is 0 Å². The molecule has 0 unspecified atom stereocenters. The average molecular weight is 296 g/mol. The lowest BCUT2D eigenvalue weighted by molar-refractivity contribution is -0.132. The number of hydrogen-bond donors (Lipinski definition) is 1. The van der Waals surface area contributed by atoms with Crippen LogP contribution in [-0.4, -0.2) is 30.5 Å². The first-order valence-electron chi connectivity index (χ1n) is 7.00. The fourth-order valence-corrected chi connectivity index (χ4v) is 2.10. The molecule has 6 heteroatoms. The quantitative estimate of drug-likeness (QED) is 0.840. The zero-order chi connectivity index (χ0) is 15.8. The summed E-state index contributed by atoms with van der Waals surface area (Å²) in [6, 6.07) is 10.5. The van der Waals surface area contributed by atoms with Gasteiger partial charge in [0.25, 0.3) is 5.91 Å². The van der Waals surface area contributed by atoms with E-state index in [1.165, 1.54) is 6.20 Å². The van der Waals surface area contributed by atoms with Crippen molar-refractivity contribution in [2.75, 3.05) is 25.0 Å². The lowest BCUT2D eigenvalue weighted by Gasteiger charge is -2.15. The SMILES string of the molecule is N#CC(C#N)=CNc1ccc(OCC(=O)N2CCCC2)cc1. The molecular weight excluding hydrogens is 280 g/mol. The second-order valence-electron chi connectivity index (χ2n) is 4.83.